The highest BCUT2D eigenvalue weighted by molar-refractivity contribution is 5.95. The van der Waals surface area contributed by atoms with Gasteiger partial charge in [0.25, 0.3) is 0 Å². The molecule has 2 heterocycles. The predicted octanol–water partition coefficient (Wildman–Crippen LogP) is 3.53. The number of carbonyl (C=O) groups is 2. The van der Waals surface area contributed by atoms with Crippen molar-refractivity contribution in [2.75, 3.05) is 19.7 Å². The van der Waals surface area contributed by atoms with Gasteiger partial charge >= 0.3 is 6.09 Å². The van der Waals surface area contributed by atoms with Crippen molar-refractivity contribution in [1.29, 1.82) is 0 Å². The molecular formula is C20H30N2O3. The molecule has 0 aliphatic carbocycles. The Labute approximate surface area is 151 Å². The number of allylic oxidation sites excluding steroid dienone is 4. The molecule has 0 unspecified atom stereocenters. The first-order valence-electron chi connectivity index (χ1n) is 8.97. The molecule has 0 spiro atoms. The van der Waals surface area contributed by atoms with Gasteiger partial charge in [-0.2, -0.15) is 0 Å². The molecule has 25 heavy (non-hydrogen) atoms. The first kappa shape index (κ1) is 19.4. The molecule has 0 bridgehead atoms. The van der Waals surface area contributed by atoms with Crippen LogP contribution in [0.3, 0.4) is 0 Å². The summed E-state index contributed by atoms with van der Waals surface area (Å²) in [6.45, 7) is 14.0. The smallest absolute Gasteiger partial charge is 0.416 e. The molecule has 0 saturated carbocycles. The summed E-state index contributed by atoms with van der Waals surface area (Å²) in [5, 5.41) is 0. The number of amides is 2. The topological polar surface area (TPSA) is 49.9 Å². The lowest BCUT2D eigenvalue weighted by Gasteiger charge is -2.32. The summed E-state index contributed by atoms with van der Waals surface area (Å²) in [5.74, 6) is -0.243. The highest BCUT2D eigenvalue weighted by Crippen LogP contribution is 2.29. The van der Waals surface area contributed by atoms with Crippen molar-refractivity contribution < 1.29 is 14.3 Å². The Kier molecular flexibility index (Phi) is 6.22. The van der Waals surface area contributed by atoms with Gasteiger partial charge in [0.1, 0.15) is 6.61 Å². The summed E-state index contributed by atoms with van der Waals surface area (Å²) in [6, 6.07) is -0.252. The number of nitrogens with zero attached hydrogens (tertiary/aromatic N) is 2. The van der Waals surface area contributed by atoms with E-state index in [1.807, 2.05) is 25.2 Å². The third kappa shape index (κ3) is 4.60. The summed E-state index contributed by atoms with van der Waals surface area (Å²) in [7, 11) is 0. The molecule has 2 rings (SSSR count). The van der Waals surface area contributed by atoms with Crippen LogP contribution in [0.2, 0.25) is 0 Å². The lowest BCUT2D eigenvalue weighted by atomic mass is 10.0. The van der Waals surface area contributed by atoms with E-state index in [0.717, 1.165) is 18.5 Å². The van der Waals surface area contributed by atoms with Gasteiger partial charge in [0.2, 0.25) is 5.91 Å². The van der Waals surface area contributed by atoms with E-state index in [0.29, 0.717) is 13.0 Å². The number of cyclic esters (lactones) is 1. The van der Waals surface area contributed by atoms with Crippen LogP contribution in [0.1, 0.15) is 40.5 Å². The second kappa shape index (κ2) is 8.00. The number of likely N-dealkylation sites (tertiary alicyclic amines) is 1. The van der Waals surface area contributed by atoms with E-state index in [1.54, 1.807) is 6.08 Å². The summed E-state index contributed by atoms with van der Waals surface area (Å²) in [5.41, 5.74) is 1.02. The van der Waals surface area contributed by atoms with Crippen LogP contribution in [0.4, 0.5) is 4.79 Å². The van der Waals surface area contributed by atoms with E-state index in [9.17, 15) is 9.59 Å². The van der Waals surface area contributed by atoms with Crippen molar-refractivity contribution in [3.63, 3.8) is 0 Å². The van der Waals surface area contributed by atoms with Gasteiger partial charge in [0.05, 0.1) is 12.0 Å². The van der Waals surface area contributed by atoms with Crippen LogP contribution in [0, 0.1) is 5.92 Å². The van der Waals surface area contributed by atoms with Crippen LogP contribution >= 0.6 is 0 Å². The molecule has 2 aliphatic rings. The fourth-order valence-corrected chi connectivity index (χ4v) is 3.36. The van der Waals surface area contributed by atoms with Gasteiger partial charge < -0.3 is 4.74 Å². The Hall–Kier alpha value is -1.88. The predicted molar refractivity (Wildman–Crippen MR) is 99.1 cm³/mol. The Balaban J connectivity index is 2.09. The lowest BCUT2D eigenvalue weighted by Crippen LogP contribution is -2.45. The maximum atomic E-state index is 13.0. The second-order valence-corrected chi connectivity index (χ2v) is 7.72. The summed E-state index contributed by atoms with van der Waals surface area (Å²) in [4.78, 5) is 28.8. The number of hydrogen-bond acceptors (Lipinski definition) is 4. The molecule has 0 aromatic heterocycles. The van der Waals surface area contributed by atoms with Gasteiger partial charge in [-0.1, -0.05) is 30.9 Å². The zero-order valence-corrected chi connectivity index (χ0v) is 15.8. The minimum atomic E-state index is -0.515. The van der Waals surface area contributed by atoms with Crippen molar-refractivity contribution in [3.05, 3.63) is 36.5 Å². The van der Waals surface area contributed by atoms with Crippen LogP contribution in [0.15, 0.2) is 36.5 Å². The van der Waals surface area contributed by atoms with Gasteiger partial charge in [-0.25, -0.2) is 9.69 Å². The Bertz CT molecular complexity index is 586. The van der Waals surface area contributed by atoms with Crippen molar-refractivity contribution in [3.8, 4) is 0 Å². The molecule has 0 aromatic rings. The van der Waals surface area contributed by atoms with Gasteiger partial charge in [-0.3, -0.25) is 9.69 Å². The molecule has 138 valence electrons. The third-order valence-corrected chi connectivity index (χ3v) is 4.92. The highest BCUT2D eigenvalue weighted by Gasteiger charge is 2.43. The molecule has 0 N–H and O–H groups in total. The van der Waals surface area contributed by atoms with Crippen molar-refractivity contribution in [2.45, 2.75) is 52.1 Å². The van der Waals surface area contributed by atoms with Gasteiger partial charge in [-0.05, 0) is 52.7 Å². The fraction of sp³-hybridized carbons (Fsp3) is 0.600. The molecule has 2 aliphatic heterocycles. The van der Waals surface area contributed by atoms with E-state index in [1.165, 1.54) is 4.90 Å². The van der Waals surface area contributed by atoms with Crippen molar-refractivity contribution >= 4 is 12.0 Å². The van der Waals surface area contributed by atoms with E-state index in [-0.39, 0.29) is 30.0 Å². The van der Waals surface area contributed by atoms with Crippen LogP contribution in [0.5, 0.6) is 0 Å². The quantitative estimate of drug-likeness (QED) is 0.715. The Morgan fingerprint density at radius 2 is 2.12 bits per heavy atom. The monoisotopic (exact) mass is 346 g/mol. The van der Waals surface area contributed by atoms with E-state index in [4.69, 9.17) is 4.74 Å². The second-order valence-electron chi connectivity index (χ2n) is 7.72. The standard InChI is InChI=1S/C20H30N2O3/c1-6-8-9-15(7-2)12-17-14-25-19(24)22(17)18(23)16-10-11-21(13-16)20(3,4)5/h6-9,16-17H,2,10-14H2,1,3-5H3/b8-6-,15-9+/t16-,17+/m0/s1. The third-order valence-electron chi connectivity index (χ3n) is 4.92. The number of imide groups is 1. The zero-order valence-electron chi connectivity index (χ0n) is 15.8. The summed E-state index contributed by atoms with van der Waals surface area (Å²) < 4.78 is 5.18. The van der Waals surface area contributed by atoms with Crippen LogP contribution in [-0.2, 0) is 9.53 Å². The molecule has 0 radical (unpaired) electrons. The lowest BCUT2D eigenvalue weighted by molar-refractivity contribution is -0.133. The normalized spacial score (nSPS) is 25.7. The molecule has 0 aromatic carbocycles. The Morgan fingerprint density at radius 3 is 2.68 bits per heavy atom. The van der Waals surface area contributed by atoms with E-state index in [2.05, 4.69) is 32.3 Å². The maximum Gasteiger partial charge on any atom is 0.416 e. The minimum Gasteiger partial charge on any atom is -0.447 e. The highest BCUT2D eigenvalue weighted by atomic mass is 16.6. The number of ether oxygens (including phenoxy) is 1. The number of carbonyl (C=O) groups excluding carboxylic acids is 2. The van der Waals surface area contributed by atoms with Crippen LogP contribution < -0.4 is 0 Å². The largest absolute Gasteiger partial charge is 0.447 e. The average Bonchev–Trinajstić information content (AvgIpc) is 3.18. The summed E-state index contributed by atoms with van der Waals surface area (Å²) in [6.07, 6.45) is 8.42. The van der Waals surface area contributed by atoms with Gasteiger partial charge in [0.15, 0.2) is 0 Å². The van der Waals surface area contributed by atoms with Crippen molar-refractivity contribution in [1.82, 2.24) is 9.80 Å². The van der Waals surface area contributed by atoms with E-state index < -0.39 is 6.09 Å². The average molecular weight is 346 g/mol. The van der Waals surface area contributed by atoms with E-state index >= 15 is 0 Å². The molecule has 5 heteroatoms. The van der Waals surface area contributed by atoms with Gasteiger partial charge in [-0.15, -0.1) is 0 Å². The SMILES string of the molecule is C=C/C(=C\C=C/C)C[C@@H]1COC(=O)N1C(=O)[C@H]1CCN(C(C)(C)C)C1. The number of rotatable bonds is 5. The van der Waals surface area contributed by atoms with Crippen LogP contribution in [0.25, 0.3) is 0 Å². The molecule has 2 amide bonds. The Morgan fingerprint density at radius 1 is 1.40 bits per heavy atom. The van der Waals surface area contributed by atoms with Crippen molar-refractivity contribution in [2.24, 2.45) is 5.92 Å². The summed E-state index contributed by atoms with van der Waals surface area (Å²) >= 11 is 0. The molecule has 5 nitrogen and oxygen atoms in total. The van der Waals surface area contributed by atoms with Crippen LogP contribution in [-0.4, -0.2) is 53.1 Å². The molecule has 2 saturated heterocycles. The molecular weight excluding hydrogens is 316 g/mol. The maximum absolute atomic E-state index is 13.0. The number of hydrogen-bond donors (Lipinski definition) is 0. The minimum absolute atomic E-state index is 0.0329. The zero-order chi connectivity index (χ0) is 18.6. The first-order valence-corrected chi connectivity index (χ1v) is 8.97. The molecule has 2 atom stereocenters. The molecule has 2 fully saturated rings. The fourth-order valence-electron chi connectivity index (χ4n) is 3.36. The first-order chi connectivity index (χ1) is 11.8. The van der Waals surface area contributed by atoms with Gasteiger partial charge in [0, 0.05) is 12.1 Å².